The summed E-state index contributed by atoms with van der Waals surface area (Å²) < 4.78 is 11.9. The second kappa shape index (κ2) is 15.7. The van der Waals surface area contributed by atoms with Gasteiger partial charge in [0.15, 0.2) is 0 Å². The number of H-pyrrole nitrogens is 1. The number of aromatic amines is 1. The maximum atomic E-state index is 13.3. The van der Waals surface area contributed by atoms with Crippen LogP contribution in [-0.4, -0.2) is 70.1 Å². The van der Waals surface area contributed by atoms with Crippen LogP contribution in [-0.2, 0) is 21.7 Å². The van der Waals surface area contributed by atoms with Crippen LogP contribution in [0.15, 0.2) is 88.4 Å². The number of hydrogen-bond donors (Lipinski definition) is 5. The van der Waals surface area contributed by atoms with Crippen LogP contribution in [0.25, 0.3) is 10.9 Å². The SMILES string of the molecule is CN(CCOc1ccc(CNC[C@H](O)c2ccc(O)c3[nH]c(=O)ccc23)cc1)C1CCC(OC(=O)C(O)(c2cccs2)c2cccs2)CC1. The first kappa shape index (κ1) is 34.8. The fraction of sp³-hybridized carbons (Fsp3) is 0.351. The predicted molar refractivity (Wildman–Crippen MR) is 191 cm³/mol. The summed E-state index contributed by atoms with van der Waals surface area (Å²) in [7, 11) is 2.09. The lowest BCUT2D eigenvalue weighted by Crippen LogP contribution is -2.42. The molecule has 0 saturated heterocycles. The molecule has 1 aliphatic rings. The number of pyridine rings is 1. The molecule has 0 radical (unpaired) electrons. The Morgan fingerprint density at radius 1 is 1.00 bits per heavy atom. The van der Waals surface area contributed by atoms with Gasteiger partial charge in [-0.15, -0.1) is 22.7 Å². The van der Waals surface area contributed by atoms with Crippen molar-refractivity contribution in [2.75, 3.05) is 26.7 Å². The van der Waals surface area contributed by atoms with Crippen LogP contribution < -0.4 is 15.6 Å². The van der Waals surface area contributed by atoms with Crippen LogP contribution in [0.2, 0.25) is 0 Å². The molecule has 5 N–H and O–H groups in total. The average Bonchev–Trinajstić information content (AvgIpc) is 3.86. The first-order chi connectivity index (χ1) is 23.7. The number of benzene rings is 2. The number of carbonyl (C=O) groups is 1. The average molecular weight is 704 g/mol. The number of carbonyl (C=O) groups excluding carboxylic acids is 1. The van der Waals surface area contributed by atoms with Crippen LogP contribution >= 0.6 is 22.7 Å². The summed E-state index contributed by atoms with van der Waals surface area (Å²) in [5.74, 6) is 0.134. The molecular formula is C37H41N3O7S2. The molecule has 1 aliphatic carbocycles. The molecular weight excluding hydrogens is 663 g/mol. The third kappa shape index (κ3) is 8.07. The third-order valence-corrected chi connectivity index (χ3v) is 11.1. The van der Waals surface area contributed by atoms with Crippen molar-refractivity contribution in [3.05, 3.63) is 115 Å². The molecule has 1 saturated carbocycles. The Morgan fingerprint density at radius 3 is 2.35 bits per heavy atom. The third-order valence-electron chi connectivity index (χ3n) is 9.16. The number of hydrogen-bond acceptors (Lipinski definition) is 11. The molecule has 3 aromatic heterocycles. The second-order valence-electron chi connectivity index (χ2n) is 12.4. The highest BCUT2D eigenvalue weighted by atomic mass is 32.1. The zero-order valence-corrected chi connectivity index (χ0v) is 28.8. The van der Waals surface area contributed by atoms with E-state index in [1.807, 2.05) is 47.2 Å². The minimum atomic E-state index is -1.78. The summed E-state index contributed by atoms with van der Waals surface area (Å²) in [5, 5.41) is 40.0. The monoisotopic (exact) mass is 703 g/mol. The van der Waals surface area contributed by atoms with Gasteiger partial charge in [0.2, 0.25) is 11.2 Å². The van der Waals surface area contributed by atoms with E-state index in [9.17, 15) is 24.9 Å². The molecule has 2 aromatic carbocycles. The Bertz CT molecular complexity index is 1830. The van der Waals surface area contributed by atoms with E-state index in [1.54, 1.807) is 24.3 Å². The van der Waals surface area contributed by atoms with Crippen molar-refractivity contribution in [2.45, 2.75) is 56.1 Å². The summed E-state index contributed by atoms with van der Waals surface area (Å²) in [6.07, 6.45) is 2.21. The van der Waals surface area contributed by atoms with Crippen molar-refractivity contribution in [3.63, 3.8) is 0 Å². The van der Waals surface area contributed by atoms with E-state index < -0.39 is 17.7 Å². The van der Waals surface area contributed by atoms with E-state index in [1.165, 1.54) is 34.8 Å². The van der Waals surface area contributed by atoms with Gasteiger partial charge in [-0.05, 0) is 91.0 Å². The molecule has 0 spiro atoms. The Balaban J connectivity index is 0.909. The fourth-order valence-electron chi connectivity index (χ4n) is 6.34. The standard InChI is InChI=1S/C37H41N3O7S2/c1-40(25-8-12-27(13-9-25)47-36(44)37(45,32-4-2-20-48-32)33-5-3-21-49-33)18-19-46-26-10-6-24(7-11-26)22-38-23-31(42)28-14-16-30(41)35-29(28)15-17-34(43)39-35/h2-7,10-11,14-17,20-21,25,27,31,38,41-42,45H,8-9,12-13,18-19,22-23H2,1H3,(H,39,43)/t25?,27?,31-/m0/s1. The lowest BCUT2D eigenvalue weighted by atomic mass is 9.91. The number of nitrogens with zero attached hydrogens (tertiary/aromatic N) is 1. The zero-order valence-electron chi connectivity index (χ0n) is 27.2. The number of phenolic OH excluding ortho intramolecular Hbond substituents is 1. The van der Waals surface area contributed by atoms with Crippen molar-refractivity contribution in [3.8, 4) is 11.5 Å². The Labute approximate surface area is 292 Å². The molecule has 0 amide bonds. The van der Waals surface area contributed by atoms with Crippen LogP contribution in [0.4, 0.5) is 0 Å². The van der Waals surface area contributed by atoms with Crippen molar-refractivity contribution in [2.24, 2.45) is 0 Å². The first-order valence-electron chi connectivity index (χ1n) is 16.4. The number of nitrogens with one attached hydrogen (secondary N) is 2. The van der Waals surface area contributed by atoms with Gasteiger partial charge in [-0.25, -0.2) is 4.79 Å². The molecule has 258 valence electrons. The zero-order chi connectivity index (χ0) is 34.4. The quantitative estimate of drug-likeness (QED) is 0.0977. The summed E-state index contributed by atoms with van der Waals surface area (Å²) in [5.41, 5.74) is -0.125. The van der Waals surface area contributed by atoms with Gasteiger partial charge in [0.05, 0.1) is 21.4 Å². The van der Waals surface area contributed by atoms with E-state index >= 15 is 0 Å². The molecule has 49 heavy (non-hydrogen) atoms. The second-order valence-corrected chi connectivity index (χ2v) is 14.3. The predicted octanol–water partition coefficient (Wildman–Crippen LogP) is 5.28. The van der Waals surface area contributed by atoms with Crippen LogP contribution in [0.5, 0.6) is 11.5 Å². The molecule has 3 heterocycles. The first-order valence-corrected chi connectivity index (χ1v) is 18.2. The molecule has 5 aromatic rings. The molecule has 0 aliphatic heterocycles. The normalized spacial score (nSPS) is 17.3. The van der Waals surface area contributed by atoms with Gasteiger partial charge in [-0.2, -0.15) is 0 Å². The number of thiophene rings is 2. The van der Waals surface area contributed by atoms with Gasteiger partial charge in [-0.3, -0.25) is 4.79 Å². The van der Waals surface area contributed by atoms with E-state index in [0.717, 1.165) is 43.5 Å². The number of ether oxygens (including phenoxy) is 2. The van der Waals surface area contributed by atoms with E-state index in [0.29, 0.717) is 52.0 Å². The number of esters is 1. The van der Waals surface area contributed by atoms with Gasteiger partial charge in [0.1, 0.15) is 24.2 Å². The molecule has 0 bridgehead atoms. The minimum absolute atomic E-state index is 0.0384. The van der Waals surface area contributed by atoms with Crippen LogP contribution in [0, 0.1) is 0 Å². The van der Waals surface area contributed by atoms with E-state index in [4.69, 9.17) is 9.47 Å². The molecule has 6 rings (SSSR count). The van der Waals surface area contributed by atoms with Crippen molar-refractivity contribution in [1.82, 2.24) is 15.2 Å². The van der Waals surface area contributed by atoms with Crippen LogP contribution in [0.1, 0.15) is 52.7 Å². The summed E-state index contributed by atoms with van der Waals surface area (Å²) in [4.78, 5) is 31.0. The number of likely N-dealkylation sites (N-methyl/N-ethyl adjacent to an activating group) is 1. The maximum Gasteiger partial charge on any atom is 0.349 e. The van der Waals surface area contributed by atoms with Gasteiger partial charge in [0.25, 0.3) is 0 Å². The molecule has 12 heteroatoms. The van der Waals surface area contributed by atoms with Crippen molar-refractivity contribution < 1.29 is 29.6 Å². The highest BCUT2D eigenvalue weighted by Gasteiger charge is 2.45. The number of fused-ring (bicyclic) bond motifs is 1. The van der Waals surface area contributed by atoms with Crippen molar-refractivity contribution >= 4 is 39.5 Å². The fourth-order valence-corrected chi connectivity index (χ4v) is 8.05. The van der Waals surface area contributed by atoms with Gasteiger partial charge >= 0.3 is 5.97 Å². The smallest absolute Gasteiger partial charge is 0.349 e. The summed E-state index contributed by atoms with van der Waals surface area (Å²) in [6, 6.07) is 21.5. The highest BCUT2D eigenvalue weighted by Crippen LogP contribution is 2.38. The lowest BCUT2D eigenvalue weighted by molar-refractivity contribution is -0.169. The molecule has 1 fully saturated rings. The molecule has 0 unspecified atom stereocenters. The highest BCUT2D eigenvalue weighted by molar-refractivity contribution is 7.12. The largest absolute Gasteiger partial charge is 0.506 e. The number of rotatable bonds is 14. The number of aromatic nitrogens is 1. The van der Waals surface area contributed by atoms with Crippen LogP contribution in [0.3, 0.4) is 0 Å². The number of aliphatic hydroxyl groups is 2. The van der Waals surface area contributed by atoms with E-state index in [-0.39, 0.29) is 17.4 Å². The lowest BCUT2D eigenvalue weighted by Gasteiger charge is -2.35. The molecule has 10 nitrogen and oxygen atoms in total. The molecule has 1 atom stereocenters. The Kier molecular flexibility index (Phi) is 11.1. The number of aromatic hydroxyl groups is 1. The number of phenols is 1. The Morgan fingerprint density at radius 2 is 1.69 bits per heavy atom. The van der Waals surface area contributed by atoms with Gasteiger partial charge < -0.3 is 40.0 Å². The maximum absolute atomic E-state index is 13.3. The Hall–Kier alpha value is -4.04. The van der Waals surface area contributed by atoms with Crippen molar-refractivity contribution in [1.29, 1.82) is 0 Å². The summed E-state index contributed by atoms with van der Waals surface area (Å²) >= 11 is 2.69. The summed E-state index contributed by atoms with van der Waals surface area (Å²) in [6.45, 7) is 2.13. The number of aliphatic hydroxyl groups excluding tert-OH is 1. The minimum Gasteiger partial charge on any atom is -0.506 e. The van der Waals surface area contributed by atoms with Gasteiger partial charge in [0, 0.05) is 37.1 Å². The van der Waals surface area contributed by atoms with E-state index in [2.05, 4.69) is 22.2 Å². The van der Waals surface area contributed by atoms with Gasteiger partial charge in [-0.1, -0.05) is 30.3 Å². The topological polar surface area (TPSA) is 144 Å².